The highest BCUT2D eigenvalue weighted by atomic mass is 16.3. The number of furan rings is 1. The highest BCUT2D eigenvalue weighted by Gasteiger charge is 2.23. The molecule has 0 radical (unpaired) electrons. The summed E-state index contributed by atoms with van der Waals surface area (Å²) in [4.78, 5) is 23.5. The summed E-state index contributed by atoms with van der Waals surface area (Å²) < 4.78 is 5.52. The number of aryl methyl sites for hydroxylation is 1. The molecule has 1 fully saturated rings. The van der Waals surface area contributed by atoms with E-state index < -0.39 is 0 Å². The Hall–Kier alpha value is -2.30. The Bertz CT molecular complexity index is 701. The van der Waals surface area contributed by atoms with Crippen LogP contribution in [-0.2, 0) is 22.4 Å². The number of fused-ring (bicyclic) bond motifs is 1. The van der Waals surface area contributed by atoms with Gasteiger partial charge in [-0.25, -0.2) is 0 Å². The fourth-order valence-corrected chi connectivity index (χ4v) is 2.41. The third-order valence-electron chi connectivity index (χ3n) is 3.87. The van der Waals surface area contributed by atoms with Crippen molar-refractivity contribution < 1.29 is 14.0 Å². The molecule has 1 aliphatic carbocycles. The number of benzene rings is 1. The van der Waals surface area contributed by atoms with Crippen LogP contribution in [0.15, 0.2) is 28.9 Å². The summed E-state index contributed by atoms with van der Waals surface area (Å²) in [6, 6.07) is 6.34. The van der Waals surface area contributed by atoms with Gasteiger partial charge < -0.3 is 15.1 Å². The number of carbonyl (C=O) groups excluding carboxylic acids is 2. The van der Waals surface area contributed by atoms with E-state index in [4.69, 9.17) is 4.42 Å². The van der Waals surface area contributed by atoms with Crippen LogP contribution in [0.4, 0.5) is 0 Å². The molecule has 1 aromatic heterocycles. The monoisotopic (exact) mass is 300 g/mol. The first kappa shape index (κ1) is 14.6. The van der Waals surface area contributed by atoms with Crippen molar-refractivity contribution in [1.82, 2.24) is 10.6 Å². The van der Waals surface area contributed by atoms with E-state index in [9.17, 15) is 9.59 Å². The predicted octanol–water partition coefficient (Wildman–Crippen LogP) is 1.93. The van der Waals surface area contributed by atoms with E-state index in [1.807, 2.05) is 18.2 Å². The second-order valence-corrected chi connectivity index (χ2v) is 5.74. The third-order valence-corrected chi connectivity index (χ3v) is 3.87. The lowest BCUT2D eigenvalue weighted by Gasteiger charge is -2.05. The van der Waals surface area contributed by atoms with Crippen LogP contribution in [0.3, 0.4) is 0 Å². The lowest BCUT2D eigenvalue weighted by molar-refractivity contribution is -0.125. The minimum absolute atomic E-state index is 0.0328. The van der Waals surface area contributed by atoms with Crippen molar-refractivity contribution in [3.8, 4) is 0 Å². The van der Waals surface area contributed by atoms with E-state index >= 15 is 0 Å². The van der Waals surface area contributed by atoms with Gasteiger partial charge in [0.05, 0.1) is 19.2 Å². The molecule has 0 saturated heterocycles. The molecule has 1 aliphatic rings. The second-order valence-electron chi connectivity index (χ2n) is 5.74. The Morgan fingerprint density at radius 3 is 2.82 bits per heavy atom. The Morgan fingerprint density at radius 1 is 1.27 bits per heavy atom. The van der Waals surface area contributed by atoms with Crippen LogP contribution in [0.25, 0.3) is 11.0 Å². The number of hydrogen-bond acceptors (Lipinski definition) is 3. The minimum Gasteiger partial charge on any atom is -0.464 e. The van der Waals surface area contributed by atoms with Crippen LogP contribution in [-0.4, -0.2) is 24.4 Å². The molecular weight excluding hydrogens is 280 g/mol. The SMILES string of the molecule is CCc1ccc2c(CC(=O)NCC(=O)NC3CC3)coc2c1. The summed E-state index contributed by atoms with van der Waals surface area (Å²) in [7, 11) is 0. The smallest absolute Gasteiger partial charge is 0.239 e. The molecule has 0 spiro atoms. The average molecular weight is 300 g/mol. The van der Waals surface area contributed by atoms with Crippen molar-refractivity contribution >= 4 is 22.8 Å². The van der Waals surface area contributed by atoms with E-state index in [-0.39, 0.29) is 24.8 Å². The van der Waals surface area contributed by atoms with E-state index in [2.05, 4.69) is 17.6 Å². The van der Waals surface area contributed by atoms with Crippen molar-refractivity contribution in [2.24, 2.45) is 0 Å². The van der Waals surface area contributed by atoms with Gasteiger partial charge in [0, 0.05) is 17.0 Å². The molecule has 2 N–H and O–H groups in total. The maximum Gasteiger partial charge on any atom is 0.239 e. The maximum absolute atomic E-state index is 12.0. The van der Waals surface area contributed by atoms with Gasteiger partial charge in [0.1, 0.15) is 5.58 Å². The Balaban J connectivity index is 1.57. The molecule has 2 aromatic rings. The fraction of sp³-hybridized carbons (Fsp3) is 0.412. The van der Waals surface area contributed by atoms with Gasteiger partial charge in [-0.1, -0.05) is 19.1 Å². The Kier molecular flexibility index (Phi) is 4.13. The number of amides is 2. The van der Waals surface area contributed by atoms with Gasteiger partial charge in [-0.3, -0.25) is 9.59 Å². The van der Waals surface area contributed by atoms with E-state index in [0.717, 1.165) is 35.8 Å². The highest BCUT2D eigenvalue weighted by Crippen LogP contribution is 2.23. The molecule has 0 atom stereocenters. The predicted molar refractivity (Wildman–Crippen MR) is 83.5 cm³/mol. The molecule has 5 nitrogen and oxygen atoms in total. The van der Waals surface area contributed by atoms with Gasteiger partial charge in [0.15, 0.2) is 0 Å². The Labute approximate surface area is 129 Å². The van der Waals surface area contributed by atoms with E-state index in [1.54, 1.807) is 6.26 Å². The van der Waals surface area contributed by atoms with Gasteiger partial charge >= 0.3 is 0 Å². The van der Waals surface area contributed by atoms with Gasteiger partial charge in [-0.15, -0.1) is 0 Å². The molecule has 0 unspecified atom stereocenters. The van der Waals surface area contributed by atoms with E-state index in [1.165, 1.54) is 5.56 Å². The molecule has 0 bridgehead atoms. The number of carbonyl (C=O) groups is 2. The maximum atomic E-state index is 12.0. The van der Waals surface area contributed by atoms with Crippen LogP contribution < -0.4 is 10.6 Å². The number of rotatable bonds is 6. The molecular formula is C17H20N2O3. The summed E-state index contributed by atoms with van der Waals surface area (Å²) >= 11 is 0. The lowest BCUT2D eigenvalue weighted by Crippen LogP contribution is -2.38. The summed E-state index contributed by atoms with van der Waals surface area (Å²) in [6.45, 7) is 2.12. The summed E-state index contributed by atoms with van der Waals surface area (Å²) in [5.41, 5.74) is 2.85. The zero-order valence-corrected chi connectivity index (χ0v) is 12.6. The first-order chi connectivity index (χ1) is 10.7. The van der Waals surface area contributed by atoms with Gasteiger partial charge in [0.25, 0.3) is 0 Å². The molecule has 0 aliphatic heterocycles. The molecule has 5 heteroatoms. The molecule has 1 heterocycles. The average Bonchev–Trinajstić information content (AvgIpc) is 3.25. The normalized spacial score (nSPS) is 14.0. The quantitative estimate of drug-likeness (QED) is 0.856. The van der Waals surface area contributed by atoms with Crippen molar-refractivity contribution in [1.29, 1.82) is 0 Å². The van der Waals surface area contributed by atoms with Crippen molar-refractivity contribution in [2.45, 2.75) is 38.6 Å². The third kappa shape index (κ3) is 3.47. The topological polar surface area (TPSA) is 71.3 Å². The molecule has 2 amide bonds. The summed E-state index contributed by atoms with van der Waals surface area (Å²) in [5.74, 6) is -0.297. The van der Waals surface area contributed by atoms with Gasteiger partial charge in [0.2, 0.25) is 11.8 Å². The Morgan fingerprint density at radius 2 is 2.09 bits per heavy atom. The van der Waals surface area contributed by atoms with Crippen LogP contribution >= 0.6 is 0 Å². The molecule has 22 heavy (non-hydrogen) atoms. The van der Waals surface area contributed by atoms with Crippen molar-refractivity contribution in [3.63, 3.8) is 0 Å². The molecule has 3 rings (SSSR count). The van der Waals surface area contributed by atoms with Crippen molar-refractivity contribution in [3.05, 3.63) is 35.6 Å². The highest BCUT2D eigenvalue weighted by molar-refractivity contribution is 5.90. The second kappa shape index (κ2) is 6.22. The van der Waals surface area contributed by atoms with Gasteiger partial charge in [-0.2, -0.15) is 0 Å². The molecule has 116 valence electrons. The zero-order valence-electron chi connectivity index (χ0n) is 12.6. The minimum atomic E-state index is -0.173. The standard InChI is InChI=1S/C17H20N2O3/c1-2-11-3-6-14-12(10-22-15(14)7-11)8-16(20)18-9-17(21)19-13-4-5-13/h3,6-7,10,13H,2,4-5,8-9H2,1H3,(H,18,20)(H,19,21). The first-order valence-electron chi connectivity index (χ1n) is 7.70. The zero-order chi connectivity index (χ0) is 15.5. The van der Waals surface area contributed by atoms with Crippen LogP contribution in [0.5, 0.6) is 0 Å². The number of hydrogen-bond donors (Lipinski definition) is 2. The van der Waals surface area contributed by atoms with Crippen molar-refractivity contribution in [2.75, 3.05) is 6.54 Å². The molecule has 1 aromatic carbocycles. The van der Waals surface area contributed by atoms with Crippen LogP contribution in [0.1, 0.15) is 30.9 Å². The molecule has 1 saturated carbocycles. The van der Waals surface area contributed by atoms with Gasteiger partial charge in [-0.05, 0) is 30.9 Å². The lowest BCUT2D eigenvalue weighted by atomic mass is 10.1. The van der Waals surface area contributed by atoms with Crippen LogP contribution in [0.2, 0.25) is 0 Å². The fourth-order valence-electron chi connectivity index (χ4n) is 2.41. The summed E-state index contributed by atoms with van der Waals surface area (Å²) in [5, 5.41) is 6.44. The van der Waals surface area contributed by atoms with E-state index in [0.29, 0.717) is 6.04 Å². The number of nitrogens with one attached hydrogen (secondary N) is 2. The van der Waals surface area contributed by atoms with Crippen LogP contribution in [0, 0.1) is 0 Å². The first-order valence-corrected chi connectivity index (χ1v) is 7.70. The largest absolute Gasteiger partial charge is 0.464 e. The summed E-state index contributed by atoms with van der Waals surface area (Å²) in [6.07, 6.45) is 4.87.